The normalized spacial score (nSPS) is 10.0. The molecule has 0 aromatic heterocycles. The number of benzene rings is 2. The molecule has 0 bridgehead atoms. The third-order valence-electron chi connectivity index (χ3n) is 3.70. The van der Waals surface area contributed by atoms with E-state index in [2.05, 4.69) is 11.9 Å². The largest absolute Gasteiger partial charge is 0.497 e. The number of hydrogen-bond donors (Lipinski definition) is 1. The van der Waals surface area contributed by atoms with Gasteiger partial charge in [-0.25, -0.2) is 4.79 Å². The predicted octanol–water partition coefficient (Wildman–Crippen LogP) is 3.64. The van der Waals surface area contributed by atoms with Crippen molar-refractivity contribution in [3.8, 4) is 5.75 Å². The second kappa shape index (κ2) is 9.40. The van der Waals surface area contributed by atoms with Crippen LogP contribution in [0.4, 0.5) is 4.79 Å². The van der Waals surface area contributed by atoms with E-state index in [0.29, 0.717) is 19.6 Å². The average Bonchev–Trinajstić information content (AvgIpc) is 2.62. The summed E-state index contributed by atoms with van der Waals surface area (Å²) in [4.78, 5) is 14.1. The SMILES string of the molecule is C=CCN(Cc1ccccc1)C(=O)NCCc1ccc(OC)cc1. The van der Waals surface area contributed by atoms with E-state index in [0.717, 1.165) is 23.3 Å². The molecule has 4 nitrogen and oxygen atoms in total. The molecule has 2 aromatic carbocycles. The molecule has 2 aromatic rings. The van der Waals surface area contributed by atoms with Crippen molar-refractivity contribution in [2.45, 2.75) is 13.0 Å². The highest BCUT2D eigenvalue weighted by Crippen LogP contribution is 2.11. The van der Waals surface area contributed by atoms with Crippen LogP contribution in [0.5, 0.6) is 5.75 Å². The van der Waals surface area contributed by atoms with Gasteiger partial charge in [0.2, 0.25) is 0 Å². The van der Waals surface area contributed by atoms with Crippen LogP contribution in [0.3, 0.4) is 0 Å². The molecule has 0 atom stereocenters. The first-order chi connectivity index (χ1) is 11.7. The maximum absolute atomic E-state index is 12.4. The van der Waals surface area contributed by atoms with E-state index in [1.165, 1.54) is 0 Å². The number of carbonyl (C=O) groups excluding carboxylic acids is 1. The Morgan fingerprint density at radius 1 is 1.12 bits per heavy atom. The van der Waals surface area contributed by atoms with Crippen LogP contribution in [0.1, 0.15) is 11.1 Å². The number of urea groups is 1. The Hall–Kier alpha value is -2.75. The molecule has 0 heterocycles. The fourth-order valence-electron chi connectivity index (χ4n) is 2.40. The molecule has 2 amide bonds. The Bertz CT molecular complexity index is 638. The number of nitrogens with zero attached hydrogens (tertiary/aromatic N) is 1. The van der Waals surface area contributed by atoms with Gasteiger partial charge in [-0.2, -0.15) is 0 Å². The molecule has 126 valence electrons. The van der Waals surface area contributed by atoms with Crippen LogP contribution < -0.4 is 10.1 Å². The number of methoxy groups -OCH3 is 1. The Labute approximate surface area is 143 Å². The van der Waals surface area contributed by atoms with E-state index in [9.17, 15) is 4.79 Å². The van der Waals surface area contributed by atoms with Crippen molar-refractivity contribution in [3.63, 3.8) is 0 Å². The van der Waals surface area contributed by atoms with Crippen molar-refractivity contribution in [3.05, 3.63) is 78.4 Å². The Kier molecular flexibility index (Phi) is 6.90. The summed E-state index contributed by atoms with van der Waals surface area (Å²) in [5.74, 6) is 0.836. The molecule has 2 rings (SSSR count). The minimum atomic E-state index is -0.0766. The van der Waals surface area contributed by atoms with Gasteiger partial charge in [-0.1, -0.05) is 48.5 Å². The van der Waals surface area contributed by atoms with Gasteiger partial charge in [0, 0.05) is 19.6 Å². The summed E-state index contributed by atoms with van der Waals surface area (Å²) in [6.07, 6.45) is 2.52. The summed E-state index contributed by atoms with van der Waals surface area (Å²) in [5.41, 5.74) is 2.26. The summed E-state index contributed by atoms with van der Waals surface area (Å²) in [7, 11) is 1.65. The molecule has 24 heavy (non-hydrogen) atoms. The van der Waals surface area contributed by atoms with Gasteiger partial charge in [0.15, 0.2) is 0 Å². The van der Waals surface area contributed by atoms with Gasteiger partial charge in [-0.3, -0.25) is 0 Å². The van der Waals surface area contributed by atoms with Crippen LogP contribution in [0.15, 0.2) is 67.3 Å². The molecular formula is C20H24N2O2. The van der Waals surface area contributed by atoms with Crippen LogP contribution in [0.25, 0.3) is 0 Å². The van der Waals surface area contributed by atoms with Crippen LogP contribution >= 0.6 is 0 Å². The predicted molar refractivity (Wildman–Crippen MR) is 97.1 cm³/mol. The van der Waals surface area contributed by atoms with Gasteiger partial charge in [0.1, 0.15) is 5.75 Å². The molecule has 0 spiro atoms. The van der Waals surface area contributed by atoms with Gasteiger partial charge >= 0.3 is 6.03 Å². The molecule has 0 unspecified atom stereocenters. The lowest BCUT2D eigenvalue weighted by Gasteiger charge is -2.21. The summed E-state index contributed by atoms with van der Waals surface area (Å²) < 4.78 is 5.14. The molecule has 0 aliphatic rings. The van der Waals surface area contributed by atoms with Gasteiger partial charge in [-0.15, -0.1) is 6.58 Å². The highest BCUT2D eigenvalue weighted by Gasteiger charge is 2.11. The number of ether oxygens (including phenoxy) is 1. The first-order valence-corrected chi connectivity index (χ1v) is 8.03. The van der Waals surface area contributed by atoms with Crippen molar-refractivity contribution >= 4 is 6.03 Å². The minimum absolute atomic E-state index is 0.0766. The highest BCUT2D eigenvalue weighted by molar-refractivity contribution is 5.74. The van der Waals surface area contributed by atoms with E-state index >= 15 is 0 Å². The average molecular weight is 324 g/mol. The lowest BCUT2D eigenvalue weighted by atomic mass is 10.1. The Morgan fingerprint density at radius 3 is 2.46 bits per heavy atom. The standard InChI is InChI=1S/C20H24N2O2/c1-3-15-22(16-18-7-5-4-6-8-18)20(23)21-14-13-17-9-11-19(24-2)12-10-17/h3-12H,1,13-16H2,2H3,(H,21,23). The maximum atomic E-state index is 12.4. The van der Waals surface area contributed by atoms with E-state index < -0.39 is 0 Å². The molecule has 0 saturated carbocycles. The van der Waals surface area contributed by atoms with E-state index in [4.69, 9.17) is 4.74 Å². The van der Waals surface area contributed by atoms with Crippen molar-refractivity contribution in [2.75, 3.05) is 20.2 Å². The van der Waals surface area contributed by atoms with Gasteiger partial charge in [0.05, 0.1) is 7.11 Å². The van der Waals surface area contributed by atoms with Gasteiger partial charge < -0.3 is 15.0 Å². The number of rotatable bonds is 8. The molecule has 4 heteroatoms. The molecular weight excluding hydrogens is 300 g/mol. The third-order valence-corrected chi connectivity index (χ3v) is 3.70. The lowest BCUT2D eigenvalue weighted by Crippen LogP contribution is -2.40. The van der Waals surface area contributed by atoms with E-state index in [1.54, 1.807) is 18.1 Å². The monoisotopic (exact) mass is 324 g/mol. The summed E-state index contributed by atoms with van der Waals surface area (Å²) in [6, 6.07) is 17.7. The van der Waals surface area contributed by atoms with Crippen LogP contribution in [-0.4, -0.2) is 31.1 Å². The van der Waals surface area contributed by atoms with Crippen molar-refractivity contribution < 1.29 is 9.53 Å². The number of carbonyl (C=O) groups is 1. The first-order valence-electron chi connectivity index (χ1n) is 8.03. The third kappa shape index (κ3) is 5.47. The van der Waals surface area contributed by atoms with Gasteiger partial charge in [-0.05, 0) is 29.7 Å². The van der Waals surface area contributed by atoms with Gasteiger partial charge in [0.25, 0.3) is 0 Å². The molecule has 0 fully saturated rings. The lowest BCUT2D eigenvalue weighted by molar-refractivity contribution is 0.201. The van der Waals surface area contributed by atoms with Crippen LogP contribution in [-0.2, 0) is 13.0 Å². The highest BCUT2D eigenvalue weighted by atomic mass is 16.5. The Morgan fingerprint density at radius 2 is 1.83 bits per heavy atom. The van der Waals surface area contributed by atoms with E-state index in [-0.39, 0.29) is 6.03 Å². The topological polar surface area (TPSA) is 41.6 Å². The maximum Gasteiger partial charge on any atom is 0.317 e. The number of nitrogens with one attached hydrogen (secondary N) is 1. The summed E-state index contributed by atoms with van der Waals surface area (Å²) in [5, 5.41) is 2.97. The minimum Gasteiger partial charge on any atom is -0.497 e. The number of hydrogen-bond acceptors (Lipinski definition) is 2. The smallest absolute Gasteiger partial charge is 0.317 e. The molecule has 0 aliphatic heterocycles. The summed E-state index contributed by atoms with van der Waals surface area (Å²) >= 11 is 0. The quantitative estimate of drug-likeness (QED) is 0.753. The number of amides is 2. The van der Waals surface area contributed by atoms with Crippen molar-refractivity contribution in [1.82, 2.24) is 10.2 Å². The van der Waals surface area contributed by atoms with Crippen LogP contribution in [0.2, 0.25) is 0 Å². The van der Waals surface area contributed by atoms with E-state index in [1.807, 2.05) is 54.6 Å². The molecule has 0 saturated heterocycles. The molecule has 0 aliphatic carbocycles. The summed E-state index contributed by atoms with van der Waals surface area (Å²) in [6.45, 7) is 5.41. The zero-order valence-electron chi connectivity index (χ0n) is 14.1. The second-order valence-electron chi connectivity index (χ2n) is 5.48. The zero-order chi connectivity index (χ0) is 17.2. The second-order valence-corrected chi connectivity index (χ2v) is 5.48. The fraction of sp³-hybridized carbons (Fsp3) is 0.250. The molecule has 0 radical (unpaired) electrons. The fourth-order valence-corrected chi connectivity index (χ4v) is 2.40. The van der Waals surface area contributed by atoms with Crippen molar-refractivity contribution in [1.29, 1.82) is 0 Å². The van der Waals surface area contributed by atoms with Crippen LogP contribution in [0, 0.1) is 0 Å². The zero-order valence-corrected chi connectivity index (χ0v) is 14.1. The Balaban J connectivity index is 1.84. The first kappa shape index (κ1) is 17.6. The molecule has 1 N–H and O–H groups in total. The van der Waals surface area contributed by atoms with Crippen molar-refractivity contribution in [2.24, 2.45) is 0 Å².